The monoisotopic (exact) mass is 250 g/mol. The van der Waals surface area contributed by atoms with Crippen LogP contribution in [0.25, 0.3) is 0 Å². The molecule has 1 amide bonds. The number of amides is 1. The van der Waals surface area contributed by atoms with E-state index in [0.717, 1.165) is 17.8 Å². The first-order chi connectivity index (χ1) is 8.61. The summed E-state index contributed by atoms with van der Waals surface area (Å²) in [6.07, 6.45) is 2.89. The average molecular weight is 250 g/mol. The topological polar surface area (TPSA) is 67.4 Å². The molecule has 1 aromatic heterocycles. The van der Waals surface area contributed by atoms with Gasteiger partial charge in [0.05, 0.1) is 12.7 Å². The van der Waals surface area contributed by atoms with E-state index in [-0.39, 0.29) is 11.9 Å². The summed E-state index contributed by atoms with van der Waals surface area (Å²) in [5.41, 5.74) is 0.888. The summed E-state index contributed by atoms with van der Waals surface area (Å²) in [5.74, 6) is 1.55. The molecule has 1 aliphatic heterocycles. The molecule has 2 heterocycles. The molecule has 1 saturated heterocycles. The van der Waals surface area contributed by atoms with Crippen molar-refractivity contribution in [3.05, 3.63) is 11.9 Å². The van der Waals surface area contributed by atoms with Gasteiger partial charge in [-0.25, -0.2) is 9.97 Å². The third-order valence-corrected chi connectivity index (χ3v) is 3.20. The zero-order chi connectivity index (χ0) is 13.1. The molecule has 1 N–H and O–H groups in total. The zero-order valence-corrected chi connectivity index (χ0v) is 10.9. The van der Waals surface area contributed by atoms with E-state index < -0.39 is 0 Å². The van der Waals surface area contributed by atoms with Gasteiger partial charge in [-0.2, -0.15) is 0 Å². The largest absolute Gasteiger partial charge is 0.481 e. The van der Waals surface area contributed by atoms with Crippen LogP contribution < -0.4 is 10.1 Å². The molecule has 0 radical (unpaired) electrons. The van der Waals surface area contributed by atoms with E-state index in [4.69, 9.17) is 4.74 Å². The Hall–Kier alpha value is -1.85. The van der Waals surface area contributed by atoms with E-state index in [9.17, 15) is 4.79 Å². The van der Waals surface area contributed by atoms with Gasteiger partial charge in [-0.15, -0.1) is 0 Å². The third kappa shape index (κ3) is 2.52. The standard InChI is InChI=1S/C12H18N4O2/c1-8-11(13-7-14-12(8)18-3)15-9-4-5-10(17)16(2)6-9/h7,9H,4-6H2,1-3H3,(H,13,14,15). The number of hydrogen-bond acceptors (Lipinski definition) is 5. The van der Waals surface area contributed by atoms with E-state index in [1.54, 1.807) is 12.0 Å². The maximum absolute atomic E-state index is 11.4. The normalized spacial score (nSPS) is 19.8. The number of carbonyl (C=O) groups is 1. The van der Waals surface area contributed by atoms with Crippen LogP contribution in [0.3, 0.4) is 0 Å². The average Bonchev–Trinajstić information content (AvgIpc) is 2.36. The molecule has 6 heteroatoms. The van der Waals surface area contributed by atoms with Gasteiger partial charge >= 0.3 is 0 Å². The lowest BCUT2D eigenvalue weighted by Gasteiger charge is -2.30. The van der Waals surface area contributed by atoms with E-state index in [2.05, 4.69) is 15.3 Å². The molecule has 0 spiro atoms. The summed E-state index contributed by atoms with van der Waals surface area (Å²) in [7, 11) is 3.41. The SMILES string of the molecule is COc1ncnc(NC2CCC(=O)N(C)C2)c1C. The molecule has 0 aliphatic carbocycles. The van der Waals surface area contributed by atoms with Crippen molar-refractivity contribution < 1.29 is 9.53 Å². The van der Waals surface area contributed by atoms with Crippen LogP contribution in [-0.4, -0.2) is 47.5 Å². The van der Waals surface area contributed by atoms with Crippen LogP contribution in [0, 0.1) is 6.92 Å². The number of likely N-dealkylation sites (tertiary alicyclic amines) is 1. The minimum Gasteiger partial charge on any atom is -0.481 e. The van der Waals surface area contributed by atoms with Crippen LogP contribution >= 0.6 is 0 Å². The summed E-state index contributed by atoms with van der Waals surface area (Å²) in [6.45, 7) is 2.61. The molecule has 1 unspecified atom stereocenters. The van der Waals surface area contributed by atoms with Crippen LogP contribution in [-0.2, 0) is 4.79 Å². The zero-order valence-electron chi connectivity index (χ0n) is 10.9. The second kappa shape index (κ2) is 5.20. The fraction of sp³-hybridized carbons (Fsp3) is 0.583. The van der Waals surface area contributed by atoms with E-state index in [1.807, 2.05) is 14.0 Å². The Morgan fingerprint density at radius 1 is 1.50 bits per heavy atom. The number of nitrogens with one attached hydrogen (secondary N) is 1. The molecule has 1 fully saturated rings. The fourth-order valence-electron chi connectivity index (χ4n) is 2.11. The summed E-state index contributed by atoms with van der Waals surface area (Å²) in [6, 6.07) is 0.228. The highest BCUT2D eigenvalue weighted by Gasteiger charge is 2.23. The minimum atomic E-state index is 0.199. The highest BCUT2D eigenvalue weighted by atomic mass is 16.5. The number of aromatic nitrogens is 2. The van der Waals surface area contributed by atoms with Gasteiger partial charge in [-0.1, -0.05) is 0 Å². The summed E-state index contributed by atoms with van der Waals surface area (Å²) in [5, 5.41) is 3.35. The smallest absolute Gasteiger partial charge is 0.222 e. The maximum atomic E-state index is 11.4. The van der Waals surface area contributed by atoms with Crippen LogP contribution in [0.2, 0.25) is 0 Å². The van der Waals surface area contributed by atoms with Crippen molar-refractivity contribution in [2.75, 3.05) is 26.0 Å². The quantitative estimate of drug-likeness (QED) is 0.860. The van der Waals surface area contributed by atoms with Crippen molar-refractivity contribution >= 4 is 11.7 Å². The molecule has 2 rings (SSSR count). The van der Waals surface area contributed by atoms with Crippen molar-refractivity contribution in [3.8, 4) is 5.88 Å². The number of nitrogens with zero attached hydrogens (tertiary/aromatic N) is 3. The minimum absolute atomic E-state index is 0.199. The molecule has 0 saturated carbocycles. The molecule has 0 aromatic carbocycles. The first-order valence-electron chi connectivity index (χ1n) is 5.98. The molecular weight excluding hydrogens is 232 g/mol. The molecule has 0 bridgehead atoms. The van der Waals surface area contributed by atoms with Gasteiger partial charge in [0.2, 0.25) is 11.8 Å². The van der Waals surface area contributed by atoms with Crippen molar-refractivity contribution in [1.82, 2.24) is 14.9 Å². The lowest BCUT2D eigenvalue weighted by molar-refractivity contribution is -0.132. The van der Waals surface area contributed by atoms with Gasteiger partial charge in [0.15, 0.2) is 0 Å². The number of rotatable bonds is 3. The lowest BCUT2D eigenvalue weighted by Crippen LogP contribution is -2.43. The van der Waals surface area contributed by atoms with Crippen LogP contribution in [0.5, 0.6) is 5.88 Å². The number of hydrogen-bond donors (Lipinski definition) is 1. The van der Waals surface area contributed by atoms with Crippen molar-refractivity contribution in [3.63, 3.8) is 0 Å². The van der Waals surface area contributed by atoms with Crippen LogP contribution in [0.1, 0.15) is 18.4 Å². The molecule has 1 atom stereocenters. The predicted octanol–water partition coefficient (Wildman–Crippen LogP) is 0.826. The Bertz CT molecular complexity index is 450. The second-order valence-corrected chi connectivity index (χ2v) is 4.51. The number of methoxy groups -OCH3 is 1. The van der Waals surface area contributed by atoms with E-state index >= 15 is 0 Å². The number of likely N-dealkylation sites (N-methyl/N-ethyl adjacent to an activating group) is 1. The number of piperidine rings is 1. The Morgan fingerprint density at radius 2 is 2.28 bits per heavy atom. The molecule has 18 heavy (non-hydrogen) atoms. The third-order valence-electron chi connectivity index (χ3n) is 3.20. The molecule has 98 valence electrons. The van der Waals surface area contributed by atoms with Gasteiger partial charge < -0.3 is 15.0 Å². The van der Waals surface area contributed by atoms with Gasteiger partial charge in [0.25, 0.3) is 0 Å². The lowest BCUT2D eigenvalue weighted by atomic mass is 10.1. The van der Waals surface area contributed by atoms with Crippen LogP contribution in [0.15, 0.2) is 6.33 Å². The Labute approximate surface area is 106 Å². The summed E-state index contributed by atoms with van der Waals surface area (Å²) >= 11 is 0. The highest BCUT2D eigenvalue weighted by Crippen LogP contribution is 2.22. The van der Waals surface area contributed by atoms with E-state index in [1.165, 1.54) is 6.33 Å². The van der Waals surface area contributed by atoms with Gasteiger partial charge in [-0.05, 0) is 13.3 Å². The summed E-state index contributed by atoms with van der Waals surface area (Å²) in [4.78, 5) is 21.4. The molecule has 6 nitrogen and oxygen atoms in total. The van der Waals surface area contributed by atoms with E-state index in [0.29, 0.717) is 18.8 Å². The Kier molecular flexibility index (Phi) is 3.64. The molecular formula is C12H18N4O2. The van der Waals surface area contributed by atoms with Crippen molar-refractivity contribution in [2.24, 2.45) is 0 Å². The summed E-state index contributed by atoms with van der Waals surface area (Å²) < 4.78 is 5.16. The number of ether oxygens (including phenoxy) is 1. The first kappa shape index (κ1) is 12.6. The fourth-order valence-corrected chi connectivity index (χ4v) is 2.11. The van der Waals surface area contributed by atoms with Gasteiger partial charge in [0, 0.05) is 26.1 Å². The molecule has 1 aliphatic rings. The highest BCUT2D eigenvalue weighted by molar-refractivity contribution is 5.77. The molecule has 1 aromatic rings. The maximum Gasteiger partial charge on any atom is 0.222 e. The second-order valence-electron chi connectivity index (χ2n) is 4.51. The Balaban J connectivity index is 2.08. The van der Waals surface area contributed by atoms with Crippen molar-refractivity contribution in [1.29, 1.82) is 0 Å². The Morgan fingerprint density at radius 3 is 2.94 bits per heavy atom. The van der Waals surface area contributed by atoms with Crippen molar-refractivity contribution in [2.45, 2.75) is 25.8 Å². The number of anilines is 1. The number of carbonyl (C=O) groups excluding carboxylic acids is 1. The predicted molar refractivity (Wildman–Crippen MR) is 67.6 cm³/mol. The van der Waals surface area contributed by atoms with Crippen LogP contribution in [0.4, 0.5) is 5.82 Å². The van der Waals surface area contributed by atoms with Gasteiger partial charge in [-0.3, -0.25) is 4.79 Å². The first-order valence-corrected chi connectivity index (χ1v) is 5.98. The van der Waals surface area contributed by atoms with Gasteiger partial charge in [0.1, 0.15) is 12.1 Å².